The highest BCUT2D eigenvalue weighted by Crippen LogP contribution is 2.18. The number of benzene rings is 1. The average Bonchev–Trinajstić information content (AvgIpc) is 2.15. The predicted molar refractivity (Wildman–Crippen MR) is 65.9 cm³/mol. The summed E-state index contributed by atoms with van der Waals surface area (Å²) in [5.74, 6) is 0.0534. The molecule has 16 heavy (non-hydrogen) atoms. The van der Waals surface area contributed by atoms with Crippen LogP contribution in [0.15, 0.2) is 18.2 Å². The fraction of sp³-hybridized carbons (Fsp3) is 0.500. The molecule has 0 saturated heterocycles. The molecule has 0 radical (unpaired) electrons. The SMILES string of the molecule is CC(C)(C)S(=O)Cc1cc(F)cc(CN)c1. The molecule has 0 spiro atoms. The highest BCUT2D eigenvalue weighted by molar-refractivity contribution is 7.85. The van der Waals surface area contributed by atoms with Crippen molar-refractivity contribution in [2.45, 2.75) is 37.8 Å². The minimum atomic E-state index is -1.01. The zero-order valence-corrected chi connectivity index (χ0v) is 10.7. The summed E-state index contributed by atoms with van der Waals surface area (Å²) in [6, 6.07) is 4.64. The van der Waals surface area contributed by atoms with Gasteiger partial charge in [0, 0.05) is 27.8 Å². The first-order chi connectivity index (χ1) is 7.32. The van der Waals surface area contributed by atoms with Crippen molar-refractivity contribution in [1.82, 2.24) is 0 Å². The van der Waals surface area contributed by atoms with Gasteiger partial charge < -0.3 is 5.73 Å². The Labute approximate surface area is 98.5 Å². The second kappa shape index (κ2) is 5.06. The van der Waals surface area contributed by atoms with Crippen LogP contribution < -0.4 is 5.73 Å². The quantitative estimate of drug-likeness (QED) is 0.885. The summed E-state index contributed by atoms with van der Waals surface area (Å²) >= 11 is 0. The molecule has 0 aliphatic rings. The molecule has 1 aromatic carbocycles. The van der Waals surface area contributed by atoms with Crippen LogP contribution in [0.4, 0.5) is 4.39 Å². The Morgan fingerprint density at radius 3 is 2.31 bits per heavy atom. The third kappa shape index (κ3) is 3.68. The zero-order valence-electron chi connectivity index (χ0n) is 9.92. The second-order valence-electron chi connectivity index (χ2n) is 4.77. The number of nitrogens with two attached hydrogens (primary N) is 1. The lowest BCUT2D eigenvalue weighted by Crippen LogP contribution is -2.23. The fourth-order valence-corrected chi connectivity index (χ4v) is 2.19. The van der Waals surface area contributed by atoms with E-state index >= 15 is 0 Å². The molecule has 0 aliphatic heterocycles. The van der Waals surface area contributed by atoms with Crippen LogP contribution in [0.2, 0.25) is 0 Å². The molecule has 0 heterocycles. The van der Waals surface area contributed by atoms with E-state index in [1.54, 1.807) is 0 Å². The van der Waals surface area contributed by atoms with Gasteiger partial charge in [0.05, 0.1) is 0 Å². The van der Waals surface area contributed by atoms with Crippen LogP contribution in [0, 0.1) is 5.82 Å². The van der Waals surface area contributed by atoms with E-state index in [1.165, 1.54) is 12.1 Å². The third-order valence-corrected chi connectivity index (χ3v) is 4.20. The molecule has 1 aromatic rings. The van der Waals surface area contributed by atoms with Crippen LogP contribution in [0.25, 0.3) is 0 Å². The summed E-state index contributed by atoms with van der Waals surface area (Å²) in [4.78, 5) is 0. The Hall–Kier alpha value is -0.740. The third-order valence-electron chi connectivity index (χ3n) is 2.23. The van der Waals surface area contributed by atoms with Crippen molar-refractivity contribution >= 4 is 10.8 Å². The van der Waals surface area contributed by atoms with Crippen LogP contribution in [-0.4, -0.2) is 8.96 Å². The van der Waals surface area contributed by atoms with Gasteiger partial charge in [-0.15, -0.1) is 0 Å². The molecular weight excluding hydrogens is 225 g/mol. The second-order valence-corrected chi connectivity index (χ2v) is 6.98. The molecule has 0 saturated carbocycles. The summed E-state index contributed by atoms with van der Waals surface area (Å²) in [5, 5.41) is 0. The highest BCUT2D eigenvalue weighted by atomic mass is 32.2. The van der Waals surface area contributed by atoms with E-state index in [9.17, 15) is 8.60 Å². The van der Waals surface area contributed by atoms with E-state index in [0.29, 0.717) is 12.3 Å². The maximum atomic E-state index is 13.2. The molecule has 0 aliphatic carbocycles. The molecule has 2 nitrogen and oxygen atoms in total. The molecule has 0 amide bonds. The van der Waals surface area contributed by atoms with Gasteiger partial charge in [-0.05, 0) is 44.0 Å². The van der Waals surface area contributed by atoms with E-state index in [2.05, 4.69) is 0 Å². The molecule has 1 atom stereocenters. The van der Waals surface area contributed by atoms with E-state index in [0.717, 1.165) is 11.1 Å². The molecule has 0 aromatic heterocycles. The summed E-state index contributed by atoms with van der Waals surface area (Å²) in [6.45, 7) is 6.03. The Morgan fingerprint density at radius 2 is 1.81 bits per heavy atom. The lowest BCUT2D eigenvalue weighted by atomic mass is 10.1. The van der Waals surface area contributed by atoms with Gasteiger partial charge in [0.25, 0.3) is 0 Å². The molecule has 2 N–H and O–H groups in total. The van der Waals surface area contributed by atoms with Gasteiger partial charge >= 0.3 is 0 Å². The molecule has 4 heteroatoms. The first-order valence-corrected chi connectivity index (χ1v) is 6.51. The smallest absolute Gasteiger partial charge is 0.123 e. The first-order valence-electron chi connectivity index (χ1n) is 5.20. The van der Waals surface area contributed by atoms with Crippen molar-refractivity contribution < 1.29 is 8.60 Å². The maximum Gasteiger partial charge on any atom is 0.123 e. The molecule has 90 valence electrons. The topological polar surface area (TPSA) is 43.1 Å². The van der Waals surface area contributed by atoms with Crippen molar-refractivity contribution in [1.29, 1.82) is 0 Å². The average molecular weight is 243 g/mol. The van der Waals surface area contributed by atoms with E-state index in [-0.39, 0.29) is 10.6 Å². The Kier molecular flexibility index (Phi) is 4.21. The minimum absolute atomic E-state index is 0.283. The van der Waals surface area contributed by atoms with E-state index in [1.807, 2.05) is 26.8 Å². The monoisotopic (exact) mass is 243 g/mol. The van der Waals surface area contributed by atoms with Crippen molar-refractivity contribution in [3.8, 4) is 0 Å². The van der Waals surface area contributed by atoms with Gasteiger partial charge in [-0.25, -0.2) is 4.39 Å². The molecule has 0 fully saturated rings. The highest BCUT2D eigenvalue weighted by Gasteiger charge is 2.19. The zero-order chi connectivity index (χ0) is 12.3. The molecule has 0 bridgehead atoms. The van der Waals surface area contributed by atoms with Crippen LogP contribution in [0.3, 0.4) is 0 Å². The summed E-state index contributed by atoms with van der Waals surface area (Å²) < 4.78 is 24.8. The van der Waals surface area contributed by atoms with Crippen LogP contribution in [0.5, 0.6) is 0 Å². The lowest BCUT2D eigenvalue weighted by Gasteiger charge is -2.17. The van der Waals surface area contributed by atoms with Gasteiger partial charge in [0.1, 0.15) is 5.82 Å². The first kappa shape index (κ1) is 13.3. The maximum absolute atomic E-state index is 13.2. The van der Waals surface area contributed by atoms with Crippen LogP contribution >= 0.6 is 0 Å². The van der Waals surface area contributed by atoms with Gasteiger partial charge in [0.15, 0.2) is 0 Å². The lowest BCUT2D eigenvalue weighted by molar-refractivity contribution is 0.623. The van der Waals surface area contributed by atoms with Crippen LogP contribution in [0.1, 0.15) is 31.9 Å². The number of halogens is 1. The van der Waals surface area contributed by atoms with Crippen LogP contribution in [-0.2, 0) is 23.1 Å². The number of hydrogen-bond acceptors (Lipinski definition) is 2. The Bertz CT molecular complexity index is 398. The van der Waals surface area contributed by atoms with Crippen molar-refractivity contribution in [2.75, 3.05) is 0 Å². The van der Waals surface area contributed by atoms with Gasteiger partial charge in [-0.2, -0.15) is 0 Å². The van der Waals surface area contributed by atoms with E-state index in [4.69, 9.17) is 5.73 Å². The number of hydrogen-bond donors (Lipinski definition) is 1. The van der Waals surface area contributed by atoms with Gasteiger partial charge in [0.2, 0.25) is 0 Å². The van der Waals surface area contributed by atoms with E-state index < -0.39 is 10.8 Å². The summed E-state index contributed by atoms with van der Waals surface area (Å²) in [5.41, 5.74) is 6.94. The van der Waals surface area contributed by atoms with Gasteiger partial charge in [-0.3, -0.25) is 4.21 Å². The molecule has 1 unspecified atom stereocenters. The minimum Gasteiger partial charge on any atom is -0.326 e. The summed E-state index contributed by atoms with van der Waals surface area (Å²) in [6.07, 6.45) is 0. The van der Waals surface area contributed by atoms with Crippen molar-refractivity contribution in [3.63, 3.8) is 0 Å². The molecule has 1 rings (SSSR count). The fourth-order valence-electron chi connectivity index (χ4n) is 1.29. The van der Waals surface area contributed by atoms with Crippen molar-refractivity contribution in [3.05, 3.63) is 35.1 Å². The predicted octanol–water partition coefficient (Wildman–Crippen LogP) is 2.33. The Morgan fingerprint density at radius 1 is 1.25 bits per heavy atom. The summed E-state index contributed by atoms with van der Waals surface area (Å²) in [7, 11) is -1.01. The van der Waals surface area contributed by atoms with Gasteiger partial charge in [-0.1, -0.05) is 6.07 Å². The normalized spacial score (nSPS) is 13.8. The largest absolute Gasteiger partial charge is 0.326 e. The van der Waals surface area contributed by atoms with Crippen molar-refractivity contribution in [2.24, 2.45) is 5.73 Å². The molecular formula is C12H18FNOS. The Balaban J connectivity index is 2.89. The standard InChI is InChI=1S/C12H18FNOS/c1-12(2,3)16(15)8-10-4-9(7-14)5-11(13)6-10/h4-6H,7-8,14H2,1-3H3. The number of rotatable bonds is 3.